The molecule has 0 aromatic heterocycles. The van der Waals surface area contributed by atoms with Gasteiger partial charge in [0.25, 0.3) is 5.91 Å². The SMILES string of the molecule is CCOc1ccc(NC(=O)Nc2ccc(C(=O)NO)cc2)cc1. The van der Waals surface area contributed by atoms with Crippen LogP contribution in [0.25, 0.3) is 0 Å². The number of carbonyl (C=O) groups is 2. The molecule has 2 aromatic rings. The molecule has 0 saturated carbocycles. The molecule has 7 nitrogen and oxygen atoms in total. The summed E-state index contributed by atoms with van der Waals surface area (Å²) in [5.74, 6) is 0.117. The van der Waals surface area contributed by atoms with E-state index < -0.39 is 11.9 Å². The summed E-state index contributed by atoms with van der Waals surface area (Å²) in [6, 6.07) is 12.7. The van der Waals surface area contributed by atoms with Crippen LogP contribution in [0.1, 0.15) is 17.3 Å². The fourth-order valence-corrected chi connectivity index (χ4v) is 1.86. The molecule has 23 heavy (non-hydrogen) atoms. The van der Waals surface area contributed by atoms with Gasteiger partial charge in [0.05, 0.1) is 6.61 Å². The second kappa shape index (κ2) is 7.81. The average Bonchev–Trinajstić information content (AvgIpc) is 2.57. The largest absolute Gasteiger partial charge is 0.494 e. The van der Waals surface area contributed by atoms with Crippen LogP contribution in [0.5, 0.6) is 5.75 Å². The van der Waals surface area contributed by atoms with Crippen LogP contribution in [0.15, 0.2) is 48.5 Å². The van der Waals surface area contributed by atoms with Gasteiger partial charge in [-0.25, -0.2) is 10.3 Å². The van der Waals surface area contributed by atoms with Crippen LogP contribution in [-0.4, -0.2) is 23.8 Å². The third-order valence-electron chi connectivity index (χ3n) is 2.93. The number of anilines is 2. The van der Waals surface area contributed by atoms with Gasteiger partial charge >= 0.3 is 6.03 Å². The molecule has 3 amide bonds. The van der Waals surface area contributed by atoms with Crippen molar-refractivity contribution < 1.29 is 19.5 Å². The third-order valence-corrected chi connectivity index (χ3v) is 2.93. The first kappa shape index (κ1) is 16.3. The highest BCUT2D eigenvalue weighted by molar-refractivity contribution is 6.00. The number of urea groups is 1. The van der Waals surface area contributed by atoms with E-state index in [0.717, 1.165) is 5.75 Å². The van der Waals surface area contributed by atoms with E-state index in [1.165, 1.54) is 17.6 Å². The zero-order chi connectivity index (χ0) is 16.7. The van der Waals surface area contributed by atoms with Crippen molar-refractivity contribution in [2.45, 2.75) is 6.92 Å². The monoisotopic (exact) mass is 315 g/mol. The minimum absolute atomic E-state index is 0.282. The maximum atomic E-state index is 11.9. The zero-order valence-electron chi connectivity index (χ0n) is 12.5. The van der Waals surface area contributed by atoms with Crippen molar-refractivity contribution in [3.63, 3.8) is 0 Å². The number of hydrogen-bond acceptors (Lipinski definition) is 4. The molecule has 0 radical (unpaired) electrons. The summed E-state index contributed by atoms with van der Waals surface area (Å²) < 4.78 is 5.32. The normalized spacial score (nSPS) is 9.83. The van der Waals surface area contributed by atoms with E-state index in [1.54, 1.807) is 36.4 Å². The number of amides is 3. The predicted molar refractivity (Wildman–Crippen MR) is 85.9 cm³/mol. The number of hydroxylamine groups is 1. The van der Waals surface area contributed by atoms with Gasteiger partial charge in [-0.15, -0.1) is 0 Å². The molecular formula is C16H17N3O4. The number of carbonyl (C=O) groups excluding carboxylic acids is 2. The third kappa shape index (κ3) is 4.72. The molecule has 7 heteroatoms. The van der Waals surface area contributed by atoms with Crippen LogP contribution in [0.3, 0.4) is 0 Å². The first-order valence-corrected chi connectivity index (χ1v) is 6.97. The van der Waals surface area contributed by atoms with Crippen molar-refractivity contribution in [3.8, 4) is 5.75 Å². The van der Waals surface area contributed by atoms with E-state index in [-0.39, 0.29) is 5.56 Å². The molecule has 0 heterocycles. The quantitative estimate of drug-likeness (QED) is 0.503. The fourth-order valence-electron chi connectivity index (χ4n) is 1.86. The minimum atomic E-state index is -0.615. The molecule has 120 valence electrons. The fraction of sp³-hybridized carbons (Fsp3) is 0.125. The molecule has 0 aliphatic carbocycles. The van der Waals surface area contributed by atoms with Crippen LogP contribution in [0.2, 0.25) is 0 Å². The standard InChI is InChI=1S/C16H17N3O4/c1-2-23-14-9-7-13(8-10-14)18-16(21)17-12-5-3-11(4-6-12)15(20)19-22/h3-10,22H,2H2,1H3,(H,19,20)(H2,17,18,21). The molecule has 2 rings (SSSR count). The number of ether oxygens (including phenoxy) is 1. The Kier molecular flexibility index (Phi) is 5.54. The Balaban J connectivity index is 1.92. The highest BCUT2D eigenvalue weighted by Crippen LogP contribution is 2.16. The molecule has 0 atom stereocenters. The van der Waals surface area contributed by atoms with Gasteiger partial charge in [0.15, 0.2) is 0 Å². The Morgan fingerprint density at radius 1 is 0.957 bits per heavy atom. The molecule has 0 aliphatic heterocycles. The minimum Gasteiger partial charge on any atom is -0.494 e. The Morgan fingerprint density at radius 2 is 1.48 bits per heavy atom. The second-order valence-electron chi connectivity index (χ2n) is 4.55. The first-order chi connectivity index (χ1) is 11.1. The lowest BCUT2D eigenvalue weighted by Gasteiger charge is -2.09. The van der Waals surface area contributed by atoms with E-state index in [9.17, 15) is 9.59 Å². The van der Waals surface area contributed by atoms with Gasteiger partial charge in [0.2, 0.25) is 0 Å². The molecule has 2 aromatic carbocycles. The summed E-state index contributed by atoms with van der Waals surface area (Å²) in [4.78, 5) is 23.1. The van der Waals surface area contributed by atoms with E-state index >= 15 is 0 Å². The molecule has 0 unspecified atom stereocenters. The number of hydrogen-bond donors (Lipinski definition) is 4. The van der Waals surface area contributed by atoms with Crippen molar-refractivity contribution in [1.82, 2.24) is 5.48 Å². The van der Waals surface area contributed by atoms with Crippen LogP contribution in [-0.2, 0) is 0 Å². The van der Waals surface area contributed by atoms with Gasteiger partial charge in [0, 0.05) is 16.9 Å². The van der Waals surface area contributed by atoms with Crippen molar-refractivity contribution in [3.05, 3.63) is 54.1 Å². The molecule has 0 bridgehead atoms. The summed E-state index contributed by atoms with van der Waals surface area (Å²) in [6.07, 6.45) is 0. The van der Waals surface area contributed by atoms with E-state index in [1.807, 2.05) is 6.92 Å². The summed E-state index contributed by atoms with van der Waals surface area (Å²) in [7, 11) is 0. The van der Waals surface area contributed by atoms with Crippen molar-refractivity contribution >= 4 is 23.3 Å². The van der Waals surface area contributed by atoms with Gasteiger partial charge < -0.3 is 15.4 Å². The number of rotatable bonds is 5. The van der Waals surface area contributed by atoms with E-state index in [4.69, 9.17) is 9.94 Å². The highest BCUT2D eigenvalue weighted by Gasteiger charge is 2.06. The summed E-state index contributed by atoms with van der Waals surface area (Å²) >= 11 is 0. The van der Waals surface area contributed by atoms with Crippen molar-refractivity contribution in [2.24, 2.45) is 0 Å². The van der Waals surface area contributed by atoms with Gasteiger partial charge in [0.1, 0.15) is 5.75 Å². The molecular weight excluding hydrogens is 298 g/mol. The molecule has 4 N–H and O–H groups in total. The van der Waals surface area contributed by atoms with E-state index in [2.05, 4.69) is 10.6 Å². The molecule has 0 fully saturated rings. The van der Waals surface area contributed by atoms with Crippen LogP contribution in [0, 0.1) is 0 Å². The second-order valence-corrected chi connectivity index (χ2v) is 4.55. The molecule has 0 saturated heterocycles. The summed E-state index contributed by atoms with van der Waals surface area (Å²) in [6.45, 7) is 2.48. The maximum Gasteiger partial charge on any atom is 0.323 e. The number of nitrogens with one attached hydrogen (secondary N) is 3. The van der Waals surface area contributed by atoms with Gasteiger partial charge in [-0.3, -0.25) is 10.0 Å². The topological polar surface area (TPSA) is 99.7 Å². The van der Waals surface area contributed by atoms with Crippen molar-refractivity contribution in [1.29, 1.82) is 0 Å². The molecule has 0 spiro atoms. The highest BCUT2D eigenvalue weighted by atomic mass is 16.5. The van der Waals surface area contributed by atoms with Crippen LogP contribution in [0.4, 0.5) is 16.2 Å². The Bertz CT molecular complexity index is 669. The number of benzene rings is 2. The van der Waals surface area contributed by atoms with E-state index in [0.29, 0.717) is 18.0 Å². The van der Waals surface area contributed by atoms with Gasteiger partial charge in [-0.1, -0.05) is 0 Å². The smallest absolute Gasteiger partial charge is 0.323 e. The van der Waals surface area contributed by atoms with Crippen molar-refractivity contribution in [2.75, 3.05) is 17.2 Å². The lowest BCUT2D eigenvalue weighted by atomic mass is 10.2. The van der Waals surface area contributed by atoms with Crippen LogP contribution >= 0.6 is 0 Å². The molecule has 0 aliphatic rings. The Hall–Kier alpha value is -3.06. The lowest BCUT2D eigenvalue weighted by molar-refractivity contribution is 0.0706. The Labute approximate surface area is 133 Å². The lowest BCUT2D eigenvalue weighted by Crippen LogP contribution is -2.20. The Morgan fingerprint density at radius 3 is 1.96 bits per heavy atom. The average molecular weight is 315 g/mol. The summed E-state index contributed by atoms with van der Waals surface area (Å²) in [5, 5.41) is 13.9. The van der Waals surface area contributed by atoms with Gasteiger partial charge in [-0.05, 0) is 55.5 Å². The predicted octanol–water partition coefficient (Wildman–Crippen LogP) is 2.85. The summed E-state index contributed by atoms with van der Waals surface area (Å²) in [5.41, 5.74) is 2.96. The van der Waals surface area contributed by atoms with Crippen LogP contribution < -0.4 is 20.9 Å². The van der Waals surface area contributed by atoms with Gasteiger partial charge in [-0.2, -0.15) is 0 Å². The zero-order valence-corrected chi connectivity index (χ0v) is 12.5. The first-order valence-electron chi connectivity index (χ1n) is 6.97. The maximum absolute atomic E-state index is 11.9.